The van der Waals surface area contributed by atoms with Crippen LogP contribution < -0.4 is 10.2 Å². The van der Waals surface area contributed by atoms with Crippen LogP contribution in [0.4, 0.5) is 5.82 Å². The van der Waals surface area contributed by atoms with E-state index in [0.29, 0.717) is 12.6 Å². The van der Waals surface area contributed by atoms with Crippen LogP contribution >= 0.6 is 0 Å². The summed E-state index contributed by atoms with van der Waals surface area (Å²) in [5.74, 6) is 3.66. The summed E-state index contributed by atoms with van der Waals surface area (Å²) >= 11 is 0. The number of aromatic nitrogens is 1. The van der Waals surface area contributed by atoms with Crippen molar-refractivity contribution in [2.75, 3.05) is 18.0 Å². The number of hydrogen-bond acceptors (Lipinski definition) is 3. The lowest BCUT2D eigenvalue weighted by Crippen LogP contribution is -2.28. The maximum Gasteiger partial charge on any atom is 0.133 e. The van der Waals surface area contributed by atoms with Crippen LogP contribution in [0.3, 0.4) is 0 Å². The van der Waals surface area contributed by atoms with Crippen LogP contribution in [0.5, 0.6) is 0 Å². The van der Waals surface area contributed by atoms with Crippen molar-refractivity contribution in [3.8, 4) is 12.3 Å². The summed E-state index contributed by atoms with van der Waals surface area (Å²) in [6.45, 7) is 8.65. The first-order valence-electron chi connectivity index (χ1n) is 6.04. The molecule has 1 heterocycles. The molecule has 0 spiro atoms. The number of rotatable bonds is 6. The molecule has 1 aromatic rings. The van der Waals surface area contributed by atoms with Gasteiger partial charge in [-0.3, -0.25) is 0 Å². The van der Waals surface area contributed by atoms with Gasteiger partial charge in [0.15, 0.2) is 0 Å². The summed E-state index contributed by atoms with van der Waals surface area (Å²) in [4.78, 5) is 6.55. The third kappa shape index (κ3) is 4.08. The molecule has 0 radical (unpaired) electrons. The van der Waals surface area contributed by atoms with E-state index in [9.17, 15) is 0 Å². The highest BCUT2D eigenvalue weighted by Gasteiger charge is 2.09. The average Bonchev–Trinajstić information content (AvgIpc) is 2.34. The summed E-state index contributed by atoms with van der Waals surface area (Å²) in [5, 5.41) is 3.40. The molecule has 0 aromatic carbocycles. The highest BCUT2D eigenvalue weighted by molar-refractivity contribution is 5.47. The zero-order chi connectivity index (χ0) is 12.7. The summed E-state index contributed by atoms with van der Waals surface area (Å²) < 4.78 is 0. The largest absolute Gasteiger partial charge is 0.345 e. The molecule has 1 aromatic heterocycles. The lowest BCUT2D eigenvalue weighted by molar-refractivity contribution is 0.587. The van der Waals surface area contributed by atoms with Gasteiger partial charge in [0, 0.05) is 30.9 Å². The Morgan fingerprint density at radius 2 is 2.29 bits per heavy atom. The predicted octanol–water partition coefficient (Wildman–Crippen LogP) is 2.04. The van der Waals surface area contributed by atoms with E-state index in [1.807, 2.05) is 12.3 Å². The van der Waals surface area contributed by atoms with Gasteiger partial charge in [-0.05, 0) is 13.0 Å². The molecular weight excluding hydrogens is 210 g/mol. The van der Waals surface area contributed by atoms with Crippen LogP contribution in [0.2, 0.25) is 0 Å². The fraction of sp³-hybridized carbons (Fsp3) is 0.500. The molecule has 0 aliphatic carbocycles. The molecule has 1 N–H and O–H groups in total. The molecule has 0 fully saturated rings. The fourth-order valence-electron chi connectivity index (χ4n) is 1.61. The van der Waals surface area contributed by atoms with Gasteiger partial charge in [0.1, 0.15) is 5.82 Å². The highest BCUT2D eigenvalue weighted by atomic mass is 15.2. The number of terminal acetylenes is 1. The smallest absolute Gasteiger partial charge is 0.133 e. The Balaban J connectivity index is 2.86. The monoisotopic (exact) mass is 231 g/mol. The second-order valence-corrected chi connectivity index (χ2v) is 4.24. The first kappa shape index (κ1) is 13.5. The molecular formula is C14H21N3. The number of pyridine rings is 1. The number of nitrogens with one attached hydrogen (secondary N) is 1. The van der Waals surface area contributed by atoms with E-state index >= 15 is 0 Å². The quantitative estimate of drug-likeness (QED) is 0.759. The highest BCUT2D eigenvalue weighted by Crippen LogP contribution is 2.16. The standard InChI is InChI=1S/C14H21N3/c1-5-10-17(6-2)14-13(8-7-9-15-14)11-16-12(3)4/h1,7-9,12,16H,6,10-11H2,2-4H3. The zero-order valence-corrected chi connectivity index (χ0v) is 10.9. The molecule has 1 rings (SSSR count). The topological polar surface area (TPSA) is 28.2 Å². The van der Waals surface area contributed by atoms with Gasteiger partial charge in [0.2, 0.25) is 0 Å². The molecule has 3 heteroatoms. The Hall–Kier alpha value is -1.53. The van der Waals surface area contributed by atoms with Gasteiger partial charge in [0.05, 0.1) is 6.54 Å². The van der Waals surface area contributed by atoms with E-state index in [-0.39, 0.29) is 0 Å². The Bertz CT molecular complexity index is 379. The second-order valence-electron chi connectivity index (χ2n) is 4.24. The van der Waals surface area contributed by atoms with Gasteiger partial charge in [-0.2, -0.15) is 0 Å². The van der Waals surface area contributed by atoms with Crippen molar-refractivity contribution in [1.82, 2.24) is 10.3 Å². The molecule has 17 heavy (non-hydrogen) atoms. The van der Waals surface area contributed by atoms with Gasteiger partial charge >= 0.3 is 0 Å². The molecule has 0 saturated heterocycles. The maximum absolute atomic E-state index is 5.38. The molecule has 92 valence electrons. The Labute approximate surface area is 104 Å². The molecule has 0 atom stereocenters. The third-order valence-corrected chi connectivity index (χ3v) is 2.53. The van der Waals surface area contributed by atoms with Crippen molar-refractivity contribution in [3.05, 3.63) is 23.9 Å². The first-order chi connectivity index (χ1) is 8.19. The van der Waals surface area contributed by atoms with E-state index in [1.165, 1.54) is 5.56 Å². The molecule has 0 aliphatic heterocycles. The normalized spacial score (nSPS) is 10.3. The molecule has 0 amide bonds. The van der Waals surface area contributed by atoms with Gasteiger partial charge in [-0.25, -0.2) is 4.98 Å². The minimum absolute atomic E-state index is 0.464. The summed E-state index contributed by atoms with van der Waals surface area (Å²) in [6.07, 6.45) is 7.19. The number of nitrogens with zero attached hydrogens (tertiary/aromatic N) is 2. The van der Waals surface area contributed by atoms with Crippen LogP contribution in [0.1, 0.15) is 26.3 Å². The first-order valence-corrected chi connectivity index (χ1v) is 6.04. The Kier molecular flexibility index (Phi) is 5.51. The van der Waals surface area contributed by atoms with Crippen LogP contribution in [0.15, 0.2) is 18.3 Å². The van der Waals surface area contributed by atoms with Gasteiger partial charge in [-0.15, -0.1) is 6.42 Å². The van der Waals surface area contributed by atoms with Crippen molar-refractivity contribution in [2.24, 2.45) is 0 Å². The lowest BCUT2D eigenvalue weighted by atomic mass is 10.2. The van der Waals surface area contributed by atoms with E-state index in [4.69, 9.17) is 6.42 Å². The van der Waals surface area contributed by atoms with Crippen molar-refractivity contribution < 1.29 is 0 Å². The number of anilines is 1. The van der Waals surface area contributed by atoms with E-state index < -0.39 is 0 Å². The maximum atomic E-state index is 5.38. The van der Waals surface area contributed by atoms with E-state index in [1.54, 1.807) is 0 Å². The molecule has 0 aliphatic rings. The van der Waals surface area contributed by atoms with Crippen LogP contribution in [0, 0.1) is 12.3 Å². The zero-order valence-electron chi connectivity index (χ0n) is 10.9. The van der Waals surface area contributed by atoms with Crippen LogP contribution in [-0.4, -0.2) is 24.1 Å². The van der Waals surface area contributed by atoms with Crippen molar-refractivity contribution >= 4 is 5.82 Å². The van der Waals surface area contributed by atoms with Gasteiger partial charge in [0.25, 0.3) is 0 Å². The molecule has 0 bridgehead atoms. The minimum atomic E-state index is 0.464. The Morgan fingerprint density at radius 3 is 2.88 bits per heavy atom. The van der Waals surface area contributed by atoms with Gasteiger partial charge < -0.3 is 10.2 Å². The average molecular weight is 231 g/mol. The summed E-state index contributed by atoms with van der Waals surface area (Å²) in [6, 6.07) is 4.52. The third-order valence-electron chi connectivity index (χ3n) is 2.53. The van der Waals surface area contributed by atoms with Crippen molar-refractivity contribution in [1.29, 1.82) is 0 Å². The van der Waals surface area contributed by atoms with Gasteiger partial charge in [-0.1, -0.05) is 25.8 Å². The number of hydrogen-bond donors (Lipinski definition) is 1. The lowest BCUT2D eigenvalue weighted by Gasteiger charge is -2.22. The van der Waals surface area contributed by atoms with Crippen LogP contribution in [0.25, 0.3) is 0 Å². The Morgan fingerprint density at radius 1 is 1.53 bits per heavy atom. The second kappa shape index (κ2) is 6.93. The molecule has 0 saturated carbocycles. The predicted molar refractivity (Wildman–Crippen MR) is 72.9 cm³/mol. The SMILES string of the molecule is C#CCN(CC)c1ncccc1CNC(C)C. The van der Waals surface area contributed by atoms with Crippen LogP contribution in [-0.2, 0) is 6.54 Å². The van der Waals surface area contributed by atoms with Crippen molar-refractivity contribution in [3.63, 3.8) is 0 Å². The summed E-state index contributed by atoms with van der Waals surface area (Å²) in [5.41, 5.74) is 1.19. The minimum Gasteiger partial charge on any atom is -0.345 e. The molecule has 3 nitrogen and oxygen atoms in total. The summed E-state index contributed by atoms with van der Waals surface area (Å²) in [7, 11) is 0. The van der Waals surface area contributed by atoms with E-state index in [2.05, 4.69) is 48.0 Å². The van der Waals surface area contributed by atoms with E-state index in [0.717, 1.165) is 18.9 Å². The van der Waals surface area contributed by atoms with Crippen molar-refractivity contribution in [2.45, 2.75) is 33.4 Å². The fourth-order valence-corrected chi connectivity index (χ4v) is 1.61. The molecule has 0 unspecified atom stereocenters.